The summed E-state index contributed by atoms with van der Waals surface area (Å²) in [7, 11) is 0. The zero-order valence-electron chi connectivity index (χ0n) is 24.5. The van der Waals surface area contributed by atoms with Gasteiger partial charge in [-0.05, 0) is 68.2 Å². The quantitative estimate of drug-likeness (QED) is 0.180. The third-order valence-electron chi connectivity index (χ3n) is 8.49. The van der Waals surface area contributed by atoms with E-state index >= 15 is 0 Å². The number of furan rings is 1. The number of fused-ring (bicyclic) bond motifs is 4. The van der Waals surface area contributed by atoms with E-state index in [1.54, 1.807) is 12.3 Å². The number of hydrogen-bond donors (Lipinski definition) is 0. The number of benzene rings is 2. The summed E-state index contributed by atoms with van der Waals surface area (Å²) in [5.41, 5.74) is 5.73. The van der Waals surface area contributed by atoms with Crippen molar-refractivity contribution in [3.8, 4) is 23.5 Å². The van der Waals surface area contributed by atoms with Gasteiger partial charge in [0, 0.05) is 45.3 Å². The Kier molecular flexibility index (Phi) is 6.27. The SMILES string of the molecule is CC1C=C2C(=O)/C(=C\c3cc4c(o3)-c3cnc(N(c5ccccc5)c5ccccc5)nc3C4(C)C)C(=C(C#N)C#N)C2=CC1. The molecule has 2 heterocycles. The number of rotatable bonds is 4. The average molecular weight is 574 g/mol. The summed E-state index contributed by atoms with van der Waals surface area (Å²) in [6, 6.07) is 25.9. The highest BCUT2D eigenvalue weighted by atomic mass is 16.3. The van der Waals surface area contributed by atoms with E-state index in [0.29, 0.717) is 39.8 Å². The number of anilines is 3. The highest BCUT2D eigenvalue weighted by Crippen LogP contribution is 2.51. The normalized spacial score (nSPS) is 18.5. The van der Waals surface area contributed by atoms with Gasteiger partial charge < -0.3 is 4.42 Å². The molecule has 7 nitrogen and oxygen atoms in total. The van der Waals surface area contributed by atoms with Gasteiger partial charge in [-0.3, -0.25) is 9.69 Å². The number of para-hydroxylation sites is 2. The Bertz CT molecular complexity index is 2010. The van der Waals surface area contributed by atoms with Crippen LogP contribution in [0.25, 0.3) is 17.4 Å². The molecule has 1 saturated carbocycles. The number of carbonyl (C=O) groups is 1. The van der Waals surface area contributed by atoms with Gasteiger partial charge in [0.05, 0.1) is 11.3 Å². The summed E-state index contributed by atoms with van der Waals surface area (Å²) in [5, 5.41) is 19.4. The molecule has 212 valence electrons. The number of nitrogens with zero attached hydrogens (tertiary/aromatic N) is 5. The maximum absolute atomic E-state index is 13.6. The molecular weight excluding hydrogens is 546 g/mol. The lowest BCUT2D eigenvalue weighted by Gasteiger charge is -2.25. The van der Waals surface area contributed by atoms with E-state index in [1.807, 2.05) is 103 Å². The summed E-state index contributed by atoms with van der Waals surface area (Å²) >= 11 is 0. The molecule has 0 N–H and O–H groups in total. The Morgan fingerprint density at radius 3 is 2.32 bits per heavy atom. The predicted octanol–water partition coefficient (Wildman–Crippen LogP) is 8.05. The molecule has 0 radical (unpaired) electrons. The molecule has 1 atom stereocenters. The molecule has 3 aliphatic carbocycles. The first-order valence-corrected chi connectivity index (χ1v) is 14.5. The van der Waals surface area contributed by atoms with Crippen LogP contribution in [0.5, 0.6) is 0 Å². The average Bonchev–Trinajstić information content (AvgIpc) is 3.64. The van der Waals surface area contributed by atoms with Crippen LogP contribution in [0, 0.1) is 28.6 Å². The van der Waals surface area contributed by atoms with Gasteiger partial charge in [-0.15, -0.1) is 0 Å². The lowest BCUT2D eigenvalue weighted by Crippen LogP contribution is -2.20. The Morgan fingerprint density at radius 1 is 1.02 bits per heavy atom. The fraction of sp³-hybridized carbons (Fsp3) is 0.162. The highest BCUT2D eigenvalue weighted by Gasteiger charge is 2.42. The number of aromatic nitrogens is 2. The first-order valence-electron chi connectivity index (χ1n) is 14.5. The highest BCUT2D eigenvalue weighted by molar-refractivity contribution is 6.23. The molecule has 0 aliphatic heterocycles. The molecule has 0 spiro atoms. The standard InChI is InChI=1S/C37H27N5O2/c1-22-14-15-27-28(16-22)33(43)29(32(27)23(19-38)20-39)17-26-18-31-34(44-26)30-21-40-36(41-35(30)37(31,2)3)42(24-10-6-4-7-11-24)25-12-8-5-9-13-25/h4-13,15-18,21-22H,14H2,1-3H3/b29-17-. The second-order valence-corrected chi connectivity index (χ2v) is 11.7. The lowest BCUT2D eigenvalue weighted by molar-refractivity contribution is -0.111. The van der Waals surface area contributed by atoms with Crippen molar-refractivity contribution in [2.24, 2.45) is 5.92 Å². The third-order valence-corrected chi connectivity index (χ3v) is 8.49. The summed E-state index contributed by atoms with van der Waals surface area (Å²) in [4.78, 5) is 25.5. The maximum Gasteiger partial charge on any atom is 0.234 e. The summed E-state index contributed by atoms with van der Waals surface area (Å²) in [5.74, 6) is 1.66. The molecule has 3 aliphatic rings. The van der Waals surface area contributed by atoms with Crippen LogP contribution in [0.4, 0.5) is 17.3 Å². The molecule has 4 aromatic rings. The second-order valence-electron chi connectivity index (χ2n) is 11.7. The van der Waals surface area contributed by atoms with Crippen molar-refractivity contribution in [3.05, 3.63) is 130 Å². The van der Waals surface area contributed by atoms with E-state index < -0.39 is 5.41 Å². The molecule has 2 aromatic heterocycles. The van der Waals surface area contributed by atoms with Gasteiger partial charge in [0.25, 0.3) is 0 Å². The van der Waals surface area contributed by atoms with E-state index in [4.69, 9.17) is 14.4 Å². The summed E-state index contributed by atoms with van der Waals surface area (Å²) in [6.45, 7) is 6.23. The molecule has 2 aromatic carbocycles. The Hall–Kier alpha value is -5.79. The molecule has 0 bridgehead atoms. The molecule has 7 heteroatoms. The first kappa shape index (κ1) is 27.1. The van der Waals surface area contributed by atoms with Crippen molar-refractivity contribution < 1.29 is 9.21 Å². The number of ketones is 1. The maximum atomic E-state index is 13.6. The zero-order chi connectivity index (χ0) is 30.6. The van der Waals surface area contributed by atoms with Gasteiger partial charge in [0.2, 0.25) is 5.95 Å². The number of hydrogen-bond acceptors (Lipinski definition) is 7. The largest absolute Gasteiger partial charge is 0.456 e. The first-order chi connectivity index (χ1) is 21.3. The van der Waals surface area contributed by atoms with Crippen LogP contribution in [0.15, 0.2) is 117 Å². The topological polar surface area (TPSA) is 107 Å². The van der Waals surface area contributed by atoms with Gasteiger partial charge in [0.15, 0.2) is 5.78 Å². The van der Waals surface area contributed by atoms with Crippen molar-refractivity contribution in [1.82, 2.24) is 9.97 Å². The second kappa shape index (κ2) is 10.2. The Labute approximate surface area is 255 Å². The molecule has 44 heavy (non-hydrogen) atoms. The van der Waals surface area contributed by atoms with Crippen LogP contribution < -0.4 is 4.90 Å². The van der Waals surface area contributed by atoms with Crippen molar-refractivity contribution in [3.63, 3.8) is 0 Å². The van der Waals surface area contributed by atoms with E-state index in [-0.39, 0.29) is 17.3 Å². The fourth-order valence-corrected chi connectivity index (χ4v) is 6.31. The fourth-order valence-electron chi connectivity index (χ4n) is 6.31. The van der Waals surface area contributed by atoms with Crippen molar-refractivity contribution in [2.45, 2.75) is 32.6 Å². The van der Waals surface area contributed by atoms with Gasteiger partial charge >= 0.3 is 0 Å². The number of Topliss-reactive ketones (excluding diaryl/α,β-unsaturated/α-hetero) is 1. The molecule has 0 amide bonds. The minimum absolute atomic E-state index is 0.0825. The van der Waals surface area contributed by atoms with Crippen molar-refractivity contribution >= 4 is 29.2 Å². The van der Waals surface area contributed by atoms with Crippen LogP contribution in [-0.4, -0.2) is 15.8 Å². The third kappa shape index (κ3) is 4.13. The molecule has 7 rings (SSSR count). The van der Waals surface area contributed by atoms with Gasteiger partial charge in [0.1, 0.15) is 29.2 Å². The lowest BCUT2D eigenvalue weighted by atomic mass is 9.86. The van der Waals surface area contributed by atoms with E-state index in [2.05, 4.69) is 13.8 Å². The van der Waals surface area contributed by atoms with Crippen LogP contribution in [-0.2, 0) is 10.2 Å². The van der Waals surface area contributed by atoms with Gasteiger partial charge in [-0.25, -0.2) is 9.97 Å². The van der Waals surface area contributed by atoms with Crippen LogP contribution in [0.1, 0.15) is 44.2 Å². The van der Waals surface area contributed by atoms with Crippen LogP contribution in [0.3, 0.4) is 0 Å². The van der Waals surface area contributed by atoms with Crippen LogP contribution in [0.2, 0.25) is 0 Å². The monoisotopic (exact) mass is 573 g/mol. The number of nitriles is 2. The van der Waals surface area contributed by atoms with Crippen LogP contribution >= 0.6 is 0 Å². The van der Waals surface area contributed by atoms with E-state index in [1.165, 1.54) is 0 Å². The van der Waals surface area contributed by atoms with Gasteiger partial charge in [-0.1, -0.05) is 55.5 Å². The molecular formula is C37H27N5O2. The molecule has 1 unspecified atom stereocenters. The van der Waals surface area contributed by atoms with E-state index in [9.17, 15) is 15.3 Å². The predicted molar refractivity (Wildman–Crippen MR) is 168 cm³/mol. The molecule has 0 saturated heterocycles. The van der Waals surface area contributed by atoms with Crippen molar-refractivity contribution in [2.75, 3.05) is 4.90 Å². The zero-order valence-corrected chi connectivity index (χ0v) is 24.5. The minimum Gasteiger partial charge on any atom is -0.456 e. The van der Waals surface area contributed by atoms with Gasteiger partial charge in [-0.2, -0.15) is 10.5 Å². The van der Waals surface area contributed by atoms with Crippen molar-refractivity contribution in [1.29, 1.82) is 10.5 Å². The Balaban J connectivity index is 1.33. The smallest absolute Gasteiger partial charge is 0.234 e. The summed E-state index contributed by atoms with van der Waals surface area (Å²) in [6.07, 6.45) is 8.07. The molecule has 1 fully saturated rings. The number of allylic oxidation sites excluding steroid dienone is 7. The summed E-state index contributed by atoms with van der Waals surface area (Å²) < 4.78 is 6.39. The van der Waals surface area contributed by atoms with E-state index in [0.717, 1.165) is 34.6 Å². The minimum atomic E-state index is -0.515. The number of carbonyl (C=O) groups excluding carboxylic acids is 1. The Morgan fingerprint density at radius 2 is 1.68 bits per heavy atom.